The lowest BCUT2D eigenvalue weighted by molar-refractivity contribution is -0.122. The fourth-order valence-electron chi connectivity index (χ4n) is 5.56. The molecule has 5 rings (SSSR count). The predicted molar refractivity (Wildman–Crippen MR) is 145 cm³/mol. The Bertz CT molecular complexity index is 1170. The topological polar surface area (TPSA) is 95.2 Å². The molecule has 0 saturated heterocycles. The number of aryl methyl sites for hydroxylation is 1. The van der Waals surface area contributed by atoms with E-state index >= 15 is 0 Å². The van der Waals surface area contributed by atoms with Crippen molar-refractivity contribution in [2.45, 2.75) is 90.3 Å². The summed E-state index contributed by atoms with van der Waals surface area (Å²) >= 11 is 0. The predicted octanol–water partition coefficient (Wildman–Crippen LogP) is 4.74. The van der Waals surface area contributed by atoms with Crippen molar-refractivity contribution < 1.29 is 14.3 Å². The molecule has 2 amide bonds. The van der Waals surface area contributed by atoms with Gasteiger partial charge < -0.3 is 25.7 Å². The van der Waals surface area contributed by atoms with Crippen LogP contribution in [-0.4, -0.2) is 35.5 Å². The SMILES string of the molecule is CCC(=O)NC1CCC(NC(=O)C2=C(C)NC(c3cc(CC)ccc3OCC3CC3)c3cc[nH]c32)CC1. The summed E-state index contributed by atoms with van der Waals surface area (Å²) in [4.78, 5) is 28.6. The second kappa shape index (κ2) is 11.0. The number of benzene rings is 1. The van der Waals surface area contributed by atoms with Crippen molar-refractivity contribution in [1.29, 1.82) is 0 Å². The van der Waals surface area contributed by atoms with E-state index in [-0.39, 0.29) is 29.9 Å². The van der Waals surface area contributed by atoms with Gasteiger partial charge in [0.2, 0.25) is 5.91 Å². The lowest BCUT2D eigenvalue weighted by Crippen LogP contribution is -2.44. The lowest BCUT2D eigenvalue weighted by atomic mass is 9.88. The molecule has 1 unspecified atom stereocenters. The number of amides is 2. The molecule has 2 heterocycles. The molecule has 7 nitrogen and oxygen atoms in total. The first-order valence-electron chi connectivity index (χ1n) is 14.0. The number of hydrogen-bond donors (Lipinski definition) is 4. The third-order valence-electron chi connectivity index (χ3n) is 8.02. The Morgan fingerprint density at radius 1 is 0.973 bits per heavy atom. The Hall–Kier alpha value is -3.22. The third-order valence-corrected chi connectivity index (χ3v) is 8.02. The molecule has 2 aliphatic carbocycles. The molecule has 0 radical (unpaired) electrons. The summed E-state index contributed by atoms with van der Waals surface area (Å²) in [6.07, 6.45) is 9.39. The number of nitrogens with one attached hydrogen (secondary N) is 4. The van der Waals surface area contributed by atoms with E-state index in [1.807, 2.05) is 20.0 Å². The van der Waals surface area contributed by atoms with Crippen molar-refractivity contribution >= 4 is 17.4 Å². The van der Waals surface area contributed by atoms with Crippen molar-refractivity contribution in [3.05, 3.63) is 58.5 Å². The normalized spacial score (nSPS) is 23.2. The van der Waals surface area contributed by atoms with Gasteiger partial charge in [0.15, 0.2) is 0 Å². The van der Waals surface area contributed by atoms with Gasteiger partial charge in [0, 0.05) is 41.5 Å². The zero-order chi connectivity index (χ0) is 25.9. The number of ether oxygens (including phenoxy) is 1. The quantitative estimate of drug-likeness (QED) is 0.397. The zero-order valence-electron chi connectivity index (χ0n) is 22.3. The highest BCUT2D eigenvalue weighted by molar-refractivity contribution is 6.20. The Morgan fingerprint density at radius 3 is 2.38 bits per heavy atom. The van der Waals surface area contributed by atoms with Crippen LogP contribution < -0.4 is 20.7 Å². The first-order chi connectivity index (χ1) is 18.0. The van der Waals surface area contributed by atoms with Gasteiger partial charge in [0.1, 0.15) is 5.75 Å². The summed E-state index contributed by atoms with van der Waals surface area (Å²) in [6, 6.07) is 8.80. The molecule has 0 spiro atoms. The second-order valence-electron chi connectivity index (χ2n) is 10.8. The van der Waals surface area contributed by atoms with Gasteiger partial charge in [0.05, 0.1) is 23.9 Å². The van der Waals surface area contributed by atoms with E-state index in [1.54, 1.807) is 0 Å². The van der Waals surface area contributed by atoms with E-state index in [0.717, 1.165) is 67.0 Å². The van der Waals surface area contributed by atoms with E-state index in [0.29, 0.717) is 17.9 Å². The minimum absolute atomic E-state index is 0.0549. The zero-order valence-corrected chi connectivity index (χ0v) is 22.3. The highest BCUT2D eigenvalue weighted by atomic mass is 16.5. The van der Waals surface area contributed by atoms with Crippen LogP contribution in [0.25, 0.3) is 5.57 Å². The molecule has 1 atom stereocenters. The monoisotopic (exact) mass is 504 g/mol. The van der Waals surface area contributed by atoms with Gasteiger partial charge in [-0.1, -0.05) is 19.9 Å². The molecule has 2 saturated carbocycles. The van der Waals surface area contributed by atoms with Crippen LogP contribution in [0.5, 0.6) is 5.75 Å². The van der Waals surface area contributed by atoms with Gasteiger partial charge in [-0.15, -0.1) is 0 Å². The van der Waals surface area contributed by atoms with Gasteiger partial charge in [0.25, 0.3) is 5.91 Å². The number of allylic oxidation sites excluding steroid dienone is 1. The summed E-state index contributed by atoms with van der Waals surface area (Å²) in [5, 5.41) is 10.00. The van der Waals surface area contributed by atoms with Crippen LogP contribution >= 0.6 is 0 Å². The second-order valence-corrected chi connectivity index (χ2v) is 10.8. The molecule has 0 bridgehead atoms. The van der Waals surface area contributed by atoms with Gasteiger partial charge in [-0.05, 0) is 81.5 Å². The Labute approximate surface area is 219 Å². The van der Waals surface area contributed by atoms with Gasteiger partial charge in [-0.2, -0.15) is 0 Å². The minimum atomic E-state index is -0.0869. The highest BCUT2D eigenvalue weighted by Crippen LogP contribution is 2.40. The highest BCUT2D eigenvalue weighted by Gasteiger charge is 2.33. The molecule has 1 aliphatic heterocycles. The van der Waals surface area contributed by atoms with Gasteiger partial charge in [-0.3, -0.25) is 9.59 Å². The van der Waals surface area contributed by atoms with Crippen molar-refractivity contribution in [2.75, 3.05) is 6.61 Å². The summed E-state index contributed by atoms with van der Waals surface area (Å²) in [5.74, 6) is 1.64. The van der Waals surface area contributed by atoms with Crippen LogP contribution in [-0.2, 0) is 16.0 Å². The van der Waals surface area contributed by atoms with Crippen LogP contribution in [0.2, 0.25) is 0 Å². The molecule has 7 heteroatoms. The van der Waals surface area contributed by atoms with Gasteiger partial charge >= 0.3 is 0 Å². The van der Waals surface area contributed by atoms with E-state index in [1.165, 1.54) is 18.4 Å². The molecule has 1 aromatic carbocycles. The molecular formula is C30H40N4O3. The number of H-pyrrole nitrogens is 1. The summed E-state index contributed by atoms with van der Waals surface area (Å²) in [7, 11) is 0. The number of rotatable bonds is 9. The fraction of sp³-hybridized carbons (Fsp3) is 0.533. The maximum atomic E-state index is 13.5. The summed E-state index contributed by atoms with van der Waals surface area (Å²) < 4.78 is 6.28. The third kappa shape index (κ3) is 5.71. The van der Waals surface area contributed by atoms with Crippen LogP contribution in [0.3, 0.4) is 0 Å². The Morgan fingerprint density at radius 2 is 1.70 bits per heavy atom. The first kappa shape index (κ1) is 25.4. The van der Waals surface area contributed by atoms with E-state index in [2.05, 4.69) is 52.1 Å². The number of carbonyl (C=O) groups is 2. The molecular weight excluding hydrogens is 464 g/mol. The van der Waals surface area contributed by atoms with Crippen LogP contribution in [0.1, 0.15) is 94.1 Å². The first-order valence-corrected chi connectivity index (χ1v) is 14.0. The smallest absolute Gasteiger partial charge is 0.255 e. The molecule has 4 N–H and O–H groups in total. The number of aromatic amines is 1. The molecule has 1 aromatic heterocycles. The van der Waals surface area contributed by atoms with Crippen LogP contribution in [0, 0.1) is 5.92 Å². The average Bonchev–Trinajstić information content (AvgIpc) is 3.62. The summed E-state index contributed by atoms with van der Waals surface area (Å²) in [6.45, 7) is 6.78. The molecule has 3 aliphatic rings. The van der Waals surface area contributed by atoms with Crippen molar-refractivity contribution in [3.63, 3.8) is 0 Å². The molecule has 37 heavy (non-hydrogen) atoms. The number of aromatic nitrogens is 1. The Balaban J connectivity index is 1.32. The fourth-order valence-corrected chi connectivity index (χ4v) is 5.56. The van der Waals surface area contributed by atoms with Crippen molar-refractivity contribution in [3.8, 4) is 5.75 Å². The van der Waals surface area contributed by atoms with Gasteiger partial charge in [-0.25, -0.2) is 0 Å². The molecule has 198 valence electrons. The van der Waals surface area contributed by atoms with E-state index in [9.17, 15) is 9.59 Å². The van der Waals surface area contributed by atoms with Crippen LogP contribution in [0.15, 0.2) is 36.2 Å². The van der Waals surface area contributed by atoms with E-state index < -0.39 is 0 Å². The van der Waals surface area contributed by atoms with Crippen molar-refractivity contribution in [1.82, 2.24) is 20.9 Å². The van der Waals surface area contributed by atoms with Crippen molar-refractivity contribution in [2.24, 2.45) is 5.92 Å². The minimum Gasteiger partial charge on any atom is -0.493 e. The average molecular weight is 505 g/mol. The van der Waals surface area contributed by atoms with Crippen LogP contribution in [0.4, 0.5) is 0 Å². The maximum absolute atomic E-state index is 13.5. The number of carbonyl (C=O) groups excluding carboxylic acids is 2. The standard InChI is InChI=1S/C30H40N4O3/c1-4-19-8-13-25(37-17-20-6-7-20)24(16-19)28-23-14-15-31-29(23)27(18(3)32-28)30(36)34-22-11-9-21(10-12-22)33-26(35)5-2/h8,13-16,20-22,28,31-32H,4-7,9-12,17H2,1-3H3,(H,33,35)(H,34,36). The van der Waals surface area contributed by atoms with E-state index in [4.69, 9.17) is 4.74 Å². The molecule has 2 fully saturated rings. The lowest BCUT2D eigenvalue weighted by Gasteiger charge is -2.32. The molecule has 2 aromatic rings. The number of hydrogen-bond acceptors (Lipinski definition) is 4. The number of fused-ring (bicyclic) bond motifs is 1. The summed E-state index contributed by atoms with van der Waals surface area (Å²) in [5.41, 5.74) is 5.85. The largest absolute Gasteiger partial charge is 0.493 e. The maximum Gasteiger partial charge on any atom is 0.255 e. The Kier molecular flexibility index (Phi) is 7.58.